The quantitative estimate of drug-likeness (QED) is 0.395. The molecule has 8 nitrogen and oxygen atoms in total. The maximum absolute atomic E-state index is 12.5. The fourth-order valence-electron chi connectivity index (χ4n) is 3.60. The second kappa shape index (κ2) is 9.39. The summed E-state index contributed by atoms with van der Waals surface area (Å²) < 4.78 is 5.51. The number of hydrogen-bond acceptors (Lipinski definition) is 6. The van der Waals surface area contributed by atoms with Crippen LogP contribution in [0.1, 0.15) is 27.9 Å². The third kappa shape index (κ3) is 4.94. The molecule has 1 heterocycles. The fraction of sp³-hybridized carbons (Fsp3) is 0.364. The summed E-state index contributed by atoms with van der Waals surface area (Å²) in [6.07, 6.45) is 0.999. The van der Waals surface area contributed by atoms with Gasteiger partial charge < -0.3 is 14.5 Å². The number of piperazine rings is 1. The smallest absolute Gasteiger partial charge is 0.311 e. The van der Waals surface area contributed by atoms with Crippen molar-refractivity contribution >= 4 is 23.6 Å². The molecule has 0 atom stereocenters. The van der Waals surface area contributed by atoms with E-state index < -0.39 is 4.92 Å². The van der Waals surface area contributed by atoms with Gasteiger partial charge in [0.2, 0.25) is 5.91 Å². The zero-order chi connectivity index (χ0) is 21.7. The lowest BCUT2D eigenvalue weighted by molar-refractivity contribution is -0.385. The Morgan fingerprint density at radius 1 is 1.13 bits per heavy atom. The third-order valence-electron chi connectivity index (χ3n) is 5.21. The number of nitrogens with zero attached hydrogens (tertiary/aromatic N) is 3. The average Bonchev–Trinajstić information content (AvgIpc) is 2.74. The van der Waals surface area contributed by atoms with Gasteiger partial charge in [-0.1, -0.05) is 6.07 Å². The van der Waals surface area contributed by atoms with Crippen molar-refractivity contribution in [2.45, 2.75) is 20.3 Å². The van der Waals surface area contributed by atoms with Crippen LogP contribution in [0.15, 0.2) is 36.4 Å². The predicted molar refractivity (Wildman–Crippen MR) is 113 cm³/mol. The lowest BCUT2D eigenvalue weighted by Crippen LogP contribution is -2.49. The predicted octanol–water partition coefficient (Wildman–Crippen LogP) is 3.14. The van der Waals surface area contributed by atoms with Gasteiger partial charge in [-0.15, -0.1) is 0 Å². The molecule has 30 heavy (non-hydrogen) atoms. The number of nitro groups is 1. The fourth-order valence-corrected chi connectivity index (χ4v) is 3.60. The van der Waals surface area contributed by atoms with Gasteiger partial charge in [-0.3, -0.25) is 19.7 Å². The van der Waals surface area contributed by atoms with Crippen LogP contribution in [0.4, 0.5) is 11.4 Å². The molecular formula is C22H25N3O5. The van der Waals surface area contributed by atoms with Gasteiger partial charge in [0.1, 0.15) is 6.29 Å². The largest absolute Gasteiger partial charge is 0.486 e. The van der Waals surface area contributed by atoms with Crippen molar-refractivity contribution in [1.29, 1.82) is 0 Å². The highest BCUT2D eigenvalue weighted by atomic mass is 16.6. The van der Waals surface area contributed by atoms with Crippen LogP contribution in [0, 0.1) is 24.0 Å². The van der Waals surface area contributed by atoms with Crippen molar-refractivity contribution in [3.05, 3.63) is 63.2 Å². The zero-order valence-corrected chi connectivity index (χ0v) is 17.2. The van der Waals surface area contributed by atoms with Crippen LogP contribution in [0.2, 0.25) is 0 Å². The topological polar surface area (TPSA) is 93.0 Å². The van der Waals surface area contributed by atoms with Crippen LogP contribution in [0.25, 0.3) is 0 Å². The molecule has 0 aromatic heterocycles. The highest BCUT2D eigenvalue weighted by molar-refractivity contribution is 5.78. The summed E-state index contributed by atoms with van der Waals surface area (Å²) in [5.41, 5.74) is 3.44. The van der Waals surface area contributed by atoms with Gasteiger partial charge in [0.25, 0.3) is 0 Å². The van der Waals surface area contributed by atoms with Crippen molar-refractivity contribution < 1.29 is 19.2 Å². The van der Waals surface area contributed by atoms with Gasteiger partial charge in [-0.2, -0.15) is 0 Å². The van der Waals surface area contributed by atoms with Gasteiger partial charge in [-0.25, -0.2) is 0 Å². The normalized spacial score (nSPS) is 13.8. The minimum absolute atomic E-state index is 0.0301. The van der Waals surface area contributed by atoms with Crippen LogP contribution < -0.4 is 9.64 Å². The summed E-state index contributed by atoms with van der Waals surface area (Å²) >= 11 is 0. The number of rotatable bonds is 7. The number of nitro benzene ring substituents is 1. The number of carbonyl (C=O) groups is 2. The molecule has 0 bridgehead atoms. The molecule has 8 heteroatoms. The Morgan fingerprint density at radius 3 is 2.50 bits per heavy atom. The first-order valence-corrected chi connectivity index (χ1v) is 9.85. The Hall–Kier alpha value is -3.42. The molecule has 0 saturated carbocycles. The number of aryl methyl sites for hydroxylation is 2. The molecule has 1 saturated heterocycles. The van der Waals surface area contributed by atoms with E-state index in [0.29, 0.717) is 31.7 Å². The van der Waals surface area contributed by atoms with E-state index in [1.54, 1.807) is 30.0 Å². The summed E-state index contributed by atoms with van der Waals surface area (Å²) in [7, 11) is 0. The molecule has 2 aromatic carbocycles. The lowest BCUT2D eigenvalue weighted by atomic mass is 10.1. The van der Waals surface area contributed by atoms with Crippen LogP contribution in [0.3, 0.4) is 0 Å². The van der Waals surface area contributed by atoms with Crippen LogP contribution in [-0.2, 0) is 4.79 Å². The van der Waals surface area contributed by atoms with Gasteiger partial charge in [0.15, 0.2) is 5.75 Å². The monoisotopic (exact) mass is 411 g/mol. The first kappa shape index (κ1) is 21.3. The summed E-state index contributed by atoms with van der Waals surface area (Å²) in [4.78, 5) is 38.1. The minimum Gasteiger partial charge on any atom is -0.486 e. The van der Waals surface area contributed by atoms with Gasteiger partial charge in [0, 0.05) is 43.5 Å². The van der Waals surface area contributed by atoms with E-state index in [4.69, 9.17) is 4.74 Å². The summed E-state index contributed by atoms with van der Waals surface area (Å²) in [6.45, 7) is 6.44. The molecule has 1 aliphatic heterocycles. The summed E-state index contributed by atoms with van der Waals surface area (Å²) in [5, 5.41) is 11.2. The van der Waals surface area contributed by atoms with E-state index in [2.05, 4.69) is 4.90 Å². The second-order valence-electron chi connectivity index (χ2n) is 7.36. The number of ether oxygens (including phenoxy) is 1. The van der Waals surface area contributed by atoms with E-state index in [1.807, 2.05) is 19.1 Å². The highest BCUT2D eigenvalue weighted by Gasteiger charge is 2.22. The molecule has 0 aliphatic carbocycles. The van der Waals surface area contributed by atoms with E-state index in [0.717, 1.165) is 23.1 Å². The molecule has 3 rings (SSSR count). The number of carbonyl (C=O) groups excluding carboxylic acids is 2. The summed E-state index contributed by atoms with van der Waals surface area (Å²) in [5.74, 6) is 0.148. The highest BCUT2D eigenvalue weighted by Crippen LogP contribution is 2.28. The molecule has 1 aliphatic rings. The van der Waals surface area contributed by atoms with Crippen molar-refractivity contribution in [2.75, 3.05) is 37.7 Å². The number of benzene rings is 2. The number of hydrogen-bond donors (Lipinski definition) is 0. The van der Waals surface area contributed by atoms with E-state index in [1.165, 1.54) is 6.07 Å². The van der Waals surface area contributed by atoms with E-state index in [-0.39, 0.29) is 30.4 Å². The molecule has 0 unspecified atom stereocenters. The Bertz CT molecular complexity index is 952. The zero-order valence-electron chi connectivity index (χ0n) is 17.2. The molecule has 1 fully saturated rings. The van der Waals surface area contributed by atoms with Crippen LogP contribution >= 0.6 is 0 Å². The maximum atomic E-state index is 12.5. The number of aldehydes is 1. The van der Waals surface area contributed by atoms with Crippen LogP contribution in [0.5, 0.6) is 5.75 Å². The van der Waals surface area contributed by atoms with Crippen molar-refractivity contribution in [1.82, 2.24) is 4.90 Å². The molecule has 0 radical (unpaired) electrons. The molecule has 158 valence electrons. The van der Waals surface area contributed by atoms with Gasteiger partial charge >= 0.3 is 5.69 Å². The van der Waals surface area contributed by atoms with Crippen molar-refractivity contribution in [3.63, 3.8) is 0 Å². The Kier molecular flexibility index (Phi) is 6.66. The average molecular weight is 411 g/mol. The standard InChI is InChI=1S/C22H25N3O5/c1-16-3-6-21(20(13-16)25(28)29)30-12-7-22(27)24-10-8-23(9-11-24)19-5-4-18(15-26)14-17(19)2/h3-6,13-15H,7-12H2,1-2H3. The molecule has 2 aromatic rings. The van der Waals surface area contributed by atoms with E-state index in [9.17, 15) is 19.7 Å². The van der Waals surface area contributed by atoms with Crippen molar-refractivity contribution in [2.24, 2.45) is 0 Å². The minimum atomic E-state index is -0.479. The number of amides is 1. The van der Waals surface area contributed by atoms with Gasteiger partial charge in [0.05, 0.1) is 18.0 Å². The third-order valence-corrected chi connectivity index (χ3v) is 5.21. The summed E-state index contributed by atoms with van der Waals surface area (Å²) in [6, 6.07) is 10.4. The SMILES string of the molecule is Cc1ccc(OCCC(=O)N2CCN(c3ccc(C=O)cc3C)CC2)c([N+](=O)[O-])c1. The van der Waals surface area contributed by atoms with Crippen LogP contribution in [-0.4, -0.2) is 54.8 Å². The van der Waals surface area contributed by atoms with Crippen molar-refractivity contribution in [3.8, 4) is 5.75 Å². The maximum Gasteiger partial charge on any atom is 0.311 e. The molecular weight excluding hydrogens is 386 g/mol. The first-order chi connectivity index (χ1) is 14.4. The second-order valence-corrected chi connectivity index (χ2v) is 7.36. The van der Waals surface area contributed by atoms with E-state index >= 15 is 0 Å². The lowest BCUT2D eigenvalue weighted by Gasteiger charge is -2.37. The Labute approximate surface area is 175 Å². The first-order valence-electron chi connectivity index (χ1n) is 9.85. The molecule has 0 N–H and O–H groups in total. The Balaban J connectivity index is 1.50. The number of anilines is 1. The van der Waals surface area contributed by atoms with Gasteiger partial charge in [-0.05, 0) is 49.2 Å². The molecule has 1 amide bonds. The Morgan fingerprint density at radius 2 is 1.87 bits per heavy atom. The molecule has 0 spiro atoms.